The van der Waals surface area contributed by atoms with Crippen molar-refractivity contribution in [2.45, 2.75) is 20.8 Å². The van der Waals surface area contributed by atoms with Gasteiger partial charge in [0.15, 0.2) is 0 Å². The van der Waals surface area contributed by atoms with Crippen molar-refractivity contribution in [1.29, 1.82) is 0 Å². The molecule has 0 unspecified atom stereocenters. The summed E-state index contributed by atoms with van der Waals surface area (Å²) >= 11 is 3.35. The Morgan fingerprint density at radius 1 is 1.30 bits per heavy atom. The number of halogens is 1. The third-order valence-corrected chi connectivity index (χ3v) is 3.68. The molecule has 0 aliphatic heterocycles. The van der Waals surface area contributed by atoms with Crippen molar-refractivity contribution < 1.29 is 9.53 Å². The molecule has 1 heterocycles. The molecule has 0 aliphatic rings. The fraction of sp³-hybridized carbons (Fsp3) is 0.333. The average Bonchev–Trinajstić information content (AvgIpc) is 2.55. The van der Waals surface area contributed by atoms with Crippen LogP contribution in [0.15, 0.2) is 47.1 Å². The van der Waals surface area contributed by atoms with Gasteiger partial charge >= 0.3 is 0 Å². The fourth-order valence-corrected chi connectivity index (χ4v) is 2.31. The Hall–Kier alpha value is -1.88. The maximum Gasteiger partial charge on any atom is 0.259 e. The van der Waals surface area contributed by atoms with E-state index in [9.17, 15) is 4.79 Å². The zero-order chi connectivity index (χ0) is 16.8. The van der Waals surface area contributed by atoms with Crippen molar-refractivity contribution in [3.05, 3.63) is 52.6 Å². The lowest BCUT2D eigenvalue weighted by molar-refractivity contribution is 0.0987. The first kappa shape index (κ1) is 17.5. The van der Waals surface area contributed by atoms with Gasteiger partial charge in [0.2, 0.25) is 0 Å². The van der Waals surface area contributed by atoms with Gasteiger partial charge in [0, 0.05) is 22.8 Å². The van der Waals surface area contributed by atoms with E-state index >= 15 is 0 Å². The summed E-state index contributed by atoms with van der Waals surface area (Å²) in [5.41, 5.74) is 0.595. The monoisotopic (exact) mass is 376 g/mol. The minimum Gasteiger partial charge on any atom is -0.493 e. The Morgan fingerprint density at radius 2 is 2.09 bits per heavy atom. The van der Waals surface area contributed by atoms with Gasteiger partial charge in [-0.05, 0) is 59.1 Å². The summed E-state index contributed by atoms with van der Waals surface area (Å²) in [6, 6.07) is 11.0. The van der Waals surface area contributed by atoms with Gasteiger partial charge in [0.05, 0.1) is 6.61 Å². The third kappa shape index (κ3) is 4.79. The van der Waals surface area contributed by atoms with E-state index in [0.29, 0.717) is 36.2 Å². The normalized spacial score (nSPS) is 10.7. The third-order valence-electron chi connectivity index (χ3n) is 3.21. The summed E-state index contributed by atoms with van der Waals surface area (Å²) in [5.74, 6) is 1.70. The van der Waals surface area contributed by atoms with E-state index in [-0.39, 0.29) is 5.91 Å². The lowest BCUT2D eigenvalue weighted by Crippen LogP contribution is -2.31. The van der Waals surface area contributed by atoms with Crippen molar-refractivity contribution in [1.82, 2.24) is 4.98 Å². The largest absolute Gasteiger partial charge is 0.493 e. The van der Waals surface area contributed by atoms with E-state index in [1.54, 1.807) is 23.2 Å². The fourth-order valence-electron chi connectivity index (χ4n) is 2.07. The van der Waals surface area contributed by atoms with E-state index in [0.717, 1.165) is 4.47 Å². The second-order valence-corrected chi connectivity index (χ2v) is 6.53. The Balaban J connectivity index is 2.20. The molecule has 122 valence electrons. The van der Waals surface area contributed by atoms with Crippen LogP contribution in [0.3, 0.4) is 0 Å². The number of rotatable bonds is 6. The van der Waals surface area contributed by atoms with Crippen LogP contribution in [-0.2, 0) is 0 Å². The lowest BCUT2D eigenvalue weighted by Gasteiger charge is -2.20. The molecule has 0 aliphatic carbocycles. The highest BCUT2D eigenvalue weighted by Gasteiger charge is 2.17. The quantitative estimate of drug-likeness (QED) is 0.742. The maximum absolute atomic E-state index is 12.8. The van der Waals surface area contributed by atoms with Gasteiger partial charge in [-0.15, -0.1) is 0 Å². The van der Waals surface area contributed by atoms with Gasteiger partial charge in [-0.25, -0.2) is 4.98 Å². The molecule has 0 spiro atoms. The van der Waals surface area contributed by atoms with Gasteiger partial charge in [-0.3, -0.25) is 9.69 Å². The zero-order valence-electron chi connectivity index (χ0n) is 13.6. The van der Waals surface area contributed by atoms with Crippen molar-refractivity contribution in [2.75, 3.05) is 18.1 Å². The van der Waals surface area contributed by atoms with Crippen LogP contribution in [0.2, 0.25) is 0 Å². The highest BCUT2D eigenvalue weighted by molar-refractivity contribution is 9.10. The number of carbonyl (C=O) groups is 1. The van der Waals surface area contributed by atoms with Gasteiger partial charge in [-0.2, -0.15) is 0 Å². The number of benzene rings is 1. The molecule has 5 heteroatoms. The molecule has 0 atom stereocenters. The number of nitrogens with zero attached hydrogens (tertiary/aromatic N) is 2. The van der Waals surface area contributed by atoms with Crippen LogP contribution in [0, 0.1) is 5.92 Å². The predicted molar refractivity (Wildman–Crippen MR) is 96.1 cm³/mol. The molecule has 0 N–H and O–H groups in total. The Kier molecular flexibility index (Phi) is 6.16. The Labute approximate surface area is 145 Å². The lowest BCUT2D eigenvalue weighted by atomic mass is 10.2. The number of anilines is 1. The highest BCUT2D eigenvalue weighted by Crippen LogP contribution is 2.20. The molecular formula is C18H21BrN2O2. The number of aromatic nitrogens is 1. The van der Waals surface area contributed by atoms with Crippen molar-refractivity contribution >= 4 is 27.7 Å². The molecule has 4 nitrogen and oxygen atoms in total. The maximum atomic E-state index is 12.8. The molecule has 2 aromatic rings. The number of hydrogen-bond donors (Lipinski definition) is 0. The van der Waals surface area contributed by atoms with E-state index < -0.39 is 0 Å². The minimum atomic E-state index is -0.0858. The molecule has 0 fully saturated rings. The number of carbonyl (C=O) groups excluding carboxylic acids is 1. The summed E-state index contributed by atoms with van der Waals surface area (Å²) in [7, 11) is 0. The van der Waals surface area contributed by atoms with Crippen LogP contribution >= 0.6 is 15.9 Å². The summed E-state index contributed by atoms with van der Waals surface area (Å²) in [4.78, 5) is 18.7. The summed E-state index contributed by atoms with van der Waals surface area (Å²) in [6.45, 7) is 7.29. The van der Waals surface area contributed by atoms with Crippen molar-refractivity contribution in [2.24, 2.45) is 5.92 Å². The van der Waals surface area contributed by atoms with Gasteiger partial charge in [-0.1, -0.05) is 19.9 Å². The van der Waals surface area contributed by atoms with E-state index in [1.165, 1.54) is 0 Å². The average molecular weight is 377 g/mol. The first-order valence-electron chi connectivity index (χ1n) is 7.67. The van der Waals surface area contributed by atoms with Crippen molar-refractivity contribution in [3.63, 3.8) is 0 Å². The smallest absolute Gasteiger partial charge is 0.259 e. The summed E-state index contributed by atoms with van der Waals surface area (Å²) in [5, 5.41) is 0. The van der Waals surface area contributed by atoms with Crippen LogP contribution in [0.25, 0.3) is 0 Å². The van der Waals surface area contributed by atoms with Gasteiger partial charge in [0.1, 0.15) is 11.6 Å². The molecule has 23 heavy (non-hydrogen) atoms. The number of hydrogen-bond acceptors (Lipinski definition) is 3. The van der Waals surface area contributed by atoms with E-state index in [4.69, 9.17) is 4.74 Å². The van der Waals surface area contributed by atoms with Gasteiger partial charge < -0.3 is 4.74 Å². The van der Waals surface area contributed by atoms with Crippen LogP contribution in [-0.4, -0.2) is 24.0 Å². The standard InChI is InChI=1S/C18H21BrN2O2/c1-4-21(17-9-8-15(19)11-20-17)18(22)14-6-5-7-16(10-14)23-12-13(2)3/h5-11,13H,4,12H2,1-3H3. The van der Waals surface area contributed by atoms with Crippen LogP contribution in [0.1, 0.15) is 31.1 Å². The molecule has 0 saturated heterocycles. The molecule has 1 aromatic heterocycles. The number of pyridine rings is 1. The second-order valence-electron chi connectivity index (χ2n) is 5.62. The first-order chi connectivity index (χ1) is 11.0. The number of ether oxygens (including phenoxy) is 1. The van der Waals surface area contributed by atoms with Crippen LogP contribution < -0.4 is 9.64 Å². The molecule has 0 radical (unpaired) electrons. The van der Waals surface area contributed by atoms with Gasteiger partial charge in [0.25, 0.3) is 5.91 Å². The SMILES string of the molecule is CCN(C(=O)c1cccc(OCC(C)C)c1)c1ccc(Br)cn1. The molecule has 2 rings (SSSR count). The Bertz CT molecular complexity index is 656. The van der Waals surface area contributed by atoms with E-state index in [1.807, 2.05) is 31.2 Å². The molecule has 0 bridgehead atoms. The Morgan fingerprint density at radius 3 is 2.70 bits per heavy atom. The minimum absolute atomic E-state index is 0.0858. The van der Waals surface area contributed by atoms with E-state index in [2.05, 4.69) is 34.8 Å². The molecule has 1 amide bonds. The highest BCUT2D eigenvalue weighted by atomic mass is 79.9. The molecular weight excluding hydrogens is 356 g/mol. The predicted octanol–water partition coefficient (Wildman–Crippen LogP) is 4.55. The molecule has 0 saturated carbocycles. The second kappa shape index (κ2) is 8.11. The summed E-state index contributed by atoms with van der Waals surface area (Å²) in [6.07, 6.45) is 1.69. The number of amides is 1. The van der Waals surface area contributed by atoms with Crippen LogP contribution in [0.4, 0.5) is 5.82 Å². The first-order valence-corrected chi connectivity index (χ1v) is 8.46. The molecule has 1 aromatic carbocycles. The van der Waals surface area contributed by atoms with Crippen LogP contribution in [0.5, 0.6) is 5.75 Å². The zero-order valence-corrected chi connectivity index (χ0v) is 15.2. The topological polar surface area (TPSA) is 42.4 Å². The summed E-state index contributed by atoms with van der Waals surface area (Å²) < 4.78 is 6.58. The van der Waals surface area contributed by atoms with Crippen molar-refractivity contribution in [3.8, 4) is 5.75 Å².